The molecule has 4 heteroatoms. The lowest BCUT2D eigenvalue weighted by molar-refractivity contribution is -0.131. The predicted molar refractivity (Wildman–Crippen MR) is 112 cm³/mol. The Bertz CT molecular complexity index is 1110. The Balaban J connectivity index is 1.83. The van der Waals surface area contributed by atoms with Crippen molar-refractivity contribution in [3.63, 3.8) is 0 Å². The highest BCUT2D eigenvalue weighted by molar-refractivity contribution is 6.30. The number of hydrogen-bond donors (Lipinski definition) is 0. The van der Waals surface area contributed by atoms with E-state index in [2.05, 4.69) is 0 Å². The predicted octanol–water partition coefficient (Wildman–Crippen LogP) is 4.98. The summed E-state index contributed by atoms with van der Waals surface area (Å²) in [5.41, 5.74) is 4.26. The van der Waals surface area contributed by atoms with Gasteiger partial charge in [-0.25, -0.2) is 9.59 Å². The van der Waals surface area contributed by atoms with Crippen molar-refractivity contribution in [1.29, 1.82) is 0 Å². The largest absolute Gasteiger partial charge is 0.465 e. The van der Waals surface area contributed by atoms with E-state index >= 15 is 0 Å². The highest BCUT2D eigenvalue weighted by Crippen LogP contribution is 2.40. The van der Waals surface area contributed by atoms with Crippen molar-refractivity contribution in [3.8, 4) is 0 Å². The van der Waals surface area contributed by atoms with Crippen LogP contribution >= 0.6 is 0 Å². The van der Waals surface area contributed by atoms with Gasteiger partial charge in [0.25, 0.3) is 0 Å². The summed E-state index contributed by atoms with van der Waals surface area (Å²) in [6, 6.07) is 26.1. The molecule has 0 bridgehead atoms. The summed E-state index contributed by atoms with van der Waals surface area (Å²) in [6.45, 7) is 0. The Labute approximate surface area is 168 Å². The molecule has 1 aliphatic heterocycles. The number of rotatable bonds is 4. The summed E-state index contributed by atoms with van der Waals surface area (Å²) in [5.74, 6) is -0.300. The van der Waals surface area contributed by atoms with Gasteiger partial charge in [0.1, 0.15) is 5.76 Å². The van der Waals surface area contributed by atoms with Crippen LogP contribution in [-0.2, 0) is 14.3 Å². The van der Waals surface area contributed by atoms with E-state index in [0.29, 0.717) is 16.9 Å². The van der Waals surface area contributed by atoms with E-state index in [1.165, 1.54) is 7.11 Å². The molecule has 0 aliphatic carbocycles. The van der Waals surface area contributed by atoms with Gasteiger partial charge >= 0.3 is 11.9 Å². The van der Waals surface area contributed by atoms with E-state index in [1.54, 1.807) is 30.3 Å². The lowest BCUT2D eigenvalue weighted by Crippen LogP contribution is -2.00. The van der Waals surface area contributed by atoms with Gasteiger partial charge in [-0.3, -0.25) is 0 Å². The van der Waals surface area contributed by atoms with Crippen molar-refractivity contribution in [1.82, 2.24) is 0 Å². The molecule has 0 aromatic heterocycles. The van der Waals surface area contributed by atoms with Crippen LogP contribution in [-0.4, -0.2) is 19.0 Å². The number of carbonyl (C=O) groups excluding carboxylic acids is 2. The topological polar surface area (TPSA) is 52.6 Å². The number of cyclic esters (lactones) is 1. The third kappa shape index (κ3) is 3.73. The van der Waals surface area contributed by atoms with Crippen LogP contribution in [0.2, 0.25) is 0 Å². The Kier molecular flexibility index (Phi) is 5.08. The Hall–Kier alpha value is -3.92. The third-order valence-corrected chi connectivity index (χ3v) is 4.66. The highest BCUT2D eigenvalue weighted by Gasteiger charge is 2.31. The molecule has 0 radical (unpaired) electrons. The maximum atomic E-state index is 12.8. The van der Waals surface area contributed by atoms with Crippen LogP contribution in [0.25, 0.3) is 17.2 Å². The molecule has 142 valence electrons. The zero-order chi connectivity index (χ0) is 20.2. The van der Waals surface area contributed by atoms with Gasteiger partial charge in [0.05, 0.1) is 18.2 Å². The Morgan fingerprint density at radius 1 is 0.793 bits per heavy atom. The fraction of sp³-hybridized carbons (Fsp3) is 0.0400. The lowest BCUT2D eigenvalue weighted by Gasteiger charge is -2.07. The molecule has 1 heterocycles. The normalized spacial score (nSPS) is 14.8. The van der Waals surface area contributed by atoms with Crippen molar-refractivity contribution in [3.05, 3.63) is 113 Å². The zero-order valence-electron chi connectivity index (χ0n) is 15.8. The molecule has 3 aromatic carbocycles. The fourth-order valence-corrected chi connectivity index (χ4v) is 3.27. The summed E-state index contributed by atoms with van der Waals surface area (Å²) in [7, 11) is 1.35. The molecule has 0 saturated carbocycles. The average molecular weight is 382 g/mol. The number of ether oxygens (including phenoxy) is 2. The van der Waals surface area contributed by atoms with E-state index in [9.17, 15) is 9.59 Å². The first-order chi connectivity index (χ1) is 14.2. The first-order valence-electron chi connectivity index (χ1n) is 9.15. The summed E-state index contributed by atoms with van der Waals surface area (Å²) >= 11 is 0. The number of benzene rings is 3. The molecular weight excluding hydrogens is 364 g/mol. The van der Waals surface area contributed by atoms with Crippen molar-refractivity contribution in [2.45, 2.75) is 0 Å². The second kappa shape index (κ2) is 7.98. The fourth-order valence-electron chi connectivity index (χ4n) is 3.27. The van der Waals surface area contributed by atoms with Crippen LogP contribution in [0.5, 0.6) is 0 Å². The highest BCUT2D eigenvalue weighted by atomic mass is 16.5. The lowest BCUT2D eigenvalue weighted by atomic mass is 9.94. The van der Waals surface area contributed by atoms with E-state index < -0.39 is 5.97 Å². The molecule has 0 saturated heterocycles. The Morgan fingerprint density at radius 2 is 1.34 bits per heavy atom. The van der Waals surface area contributed by atoms with Crippen LogP contribution in [0.4, 0.5) is 0 Å². The van der Waals surface area contributed by atoms with Crippen LogP contribution in [0.3, 0.4) is 0 Å². The average Bonchev–Trinajstić information content (AvgIpc) is 3.10. The smallest absolute Gasteiger partial charge is 0.344 e. The molecule has 29 heavy (non-hydrogen) atoms. The molecular formula is C25H18O4. The van der Waals surface area contributed by atoms with Gasteiger partial charge in [0.15, 0.2) is 0 Å². The van der Waals surface area contributed by atoms with Crippen LogP contribution in [0.15, 0.2) is 90.7 Å². The van der Waals surface area contributed by atoms with Crippen molar-refractivity contribution in [2.24, 2.45) is 0 Å². The number of methoxy groups -OCH3 is 1. The molecule has 0 amide bonds. The van der Waals surface area contributed by atoms with Gasteiger partial charge in [-0.05, 0) is 34.9 Å². The standard InChI is InChI=1S/C25H18O4/c1-28-24(26)20-14-12-17(13-15-20)16-21-22(18-8-4-2-5-9-18)23(25(27)29-21)19-10-6-3-7-11-19/h2-16H,1H3/b21-16+. The summed E-state index contributed by atoms with van der Waals surface area (Å²) in [5, 5.41) is 0. The molecule has 3 aromatic rings. The number of carbonyl (C=O) groups is 2. The van der Waals surface area contributed by atoms with Crippen molar-refractivity contribution >= 4 is 29.2 Å². The molecule has 0 atom stereocenters. The van der Waals surface area contributed by atoms with Crippen LogP contribution < -0.4 is 0 Å². The monoisotopic (exact) mass is 382 g/mol. The minimum absolute atomic E-state index is 0.382. The molecule has 0 spiro atoms. The quantitative estimate of drug-likeness (QED) is 0.597. The van der Waals surface area contributed by atoms with Gasteiger partial charge < -0.3 is 9.47 Å². The van der Waals surface area contributed by atoms with Gasteiger partial charge in [-0.15, -0.1) is 0 Å². The van der Waals surface area contributed by atoms with E-state index in [-0.39, 0.29) is 5.97 Å². The van der Waals surface area contributed by atoms with E-state index in [4.69, 9.17) is 9.47 Å². The molecule has 0 unspecified atom stereocenters. The Morgan fingerprint density at radius 3 is 1.90 bits per heavy atom. The number of hydrogen-bond acceptors (Lipinski definition) is 4. The van der Waals surface area contributed by atoms with Crippen LogP contribution in [0, 0.1) is 0 Å². The summed E-state index contributed by atoms with van der Waals surface area (Å²) in [4.78, 5) is 24.4. The van der Waals surface area contributed by atoms with E-state index in [0.717, 1.165) is 22.3 Å². The molecule has 0 fully saturated rings. The molecule has 0 N–H and O–H groups in total. The molecule has 4 rings (SSSR count). The minimum Gasteiger partial charge on any atom is -0.465 e. The summed E-state index contributed by atoms with van der Waals surface area (Å²) in [6.07, 6.45) is 1.80. The van der Waals surface area contributed by atoms with Gasteiger partial charge in [-0.1, -0.05) is 72.8 Å². The van der Waals surface area contributed by atoms with Gasteiger partial charge in [-0.2, -0.15) is 0 Å². The number of esters is 2. The third-order valence-electron chi connectivity index (χ3n) is 4.66. The maximum Gasteiger partial charge on any atom is 0.344 e. The molecule has 4 nitrogen and oxygen atoms in total. The second-order valence-electron chi connectivity index (χ2n) is 6.49. The number of allylic oxidation sites excluding steroid dienone is 1. The van der Waals surface area contributed by atoms with Crippen molar-refractivity contribution in [2.75, 3.05) is 7.11 Å². The van der Waals surface area contributed by atoms with E-state index in [1.807, 2.05) is 60.7 Å². The van der Waals surface area contributed by atoms with Gasteiger partial charge in [0.2, 0.25) is 0 Å². The summed E-state index contributed by atoms with van der Waals surface area (Å²) < 4.78 is 10.4. The SMILES string of the molecule is COC(=O)c1ccc(/C=C2/OC(=O)C(c3ccccc3)=C2c2ccccc2)cc1. The van der Waals surface area contributed by atoms with Crippen molar-refractivity contribution < 1.29 is 19.1 Å². The van der Waals surface area contributed by atoms with Crippen LogP contribution in [0.1, 0.15) is 27.0 Å². The minimum atomic E-state index is -0.396. The van der Waals surface area contributed by atoms with Gasteiger partial charge in [0, 0.05) is 5.57 Å². The first-order valence-corrected chi connectivity index (χ1v) is 9.15. The second-order valence-corrected chi connectivity index (χ2v) is 6.49. The zero-order valence-corrected chi connectivity index (χ0v) is 15.8. The molecule has 1 aliphatic rings. The first kappa shape index (κ1) is 18.4. The maximum absolute atomic E-state index is 12.8.